The third-order valence-corrected chi connectivity index (χ3v) is 5.27. The van der Waals surface area contributed by atoms with Crippen LogP contribution in [0.15, 0.2) is 23.4 Å². The normalized spacial score (nSPS) is 12.2. The third-order valence-electron chi connectivity index (χ3n) is 4.36. The van der Waals surface area contributed by atoms with E-state index in [1.54, 1.807) is 4.68 Å². The molecule has 0 bridgehead atoms. The van der Waals surface area contributed by atoms with Gasteiger partial charge in [0.05, 0.1) is 11.4 Å². The van der Waals surface area contributed by atoms with E-state index in [1.165, 1.54) is 31.0 Å². The molecular weight excluding hydrogens is 346 g/mol. The summed E-state index contributed by atoms with van der Waals surface area (Å²) in [6, 6.07) is 6.18. The summed E-state index contributed by atoms with van der Waals surface area (Å²) in [6.45, 7) is 9.21. The zero-order chi connectivity index (χ0) is 18.9. The van der Waals surface area contributed by atoms with Gasteiger partial charge in [-0.1, -0.05) is 50.9 Å². The van der Waals surface area contributed by atoms with E-state index in [2.05, 4.69) is 40.8 Å². The Kier molecular flexibility index (Phi) is 8.09. The Morgan fingerprint density at radius 2 is 1.96 bits per heavy atom. The first-order valence-electron chi connectivity index (χ1n) is 9.30. The first kappa shape index (κ1) is 20.4. The summed E-state index contributed by atoms with van der Waals surface area (Å²) < 4.78 is 1.69. The average molecular weight is 376 g/mol. The zero-order valence-electron chi connectivity index (χ0n) is 16.2. The van der Waals surface area contributed by atoms with E-state index < -0.39 is 0 Å². The summed E-state index contributed by atoms with van der Waals surface area (Å²) >= 11 is 1.36. The fourth-order valence-electron chi connectivity index (χ4n) is 2.89. The van der Waals surface area contributed by atoms with E-state index in [9.17, 15) is 4.79 Å². The number of aromatic nitrogens is 4. The lowest BCUT2D eigenvalue weighted by Gasteiger charge is -2.15. The van der Waals surface area contributed by atoms with Crippen molar-refractivity contribution in [1.29, 1.82) is 0 Å². The summed E-state index contributed by atoms with van der Waals surface area (Å²) in [7, 11) is 0. The number of carbonyl (C=O) groups excluding carboxylic acids is 1. The maximum atomic E-state index is 12.2. The maximum Gasteiger partial charge on any atom is 0.230 e. The average Bonchev–Trinajstić information content (AvgIpc) is 3.08. The number of thioether (sulfide) groups is 1. The molecule has 2 rings (SSSR count). The Balaban J connectivity index is 1.90. The highest BCUT2D eigenvalue weighted by atomic mass is 32.2. The minimum absolute atomic E-state index is 0.0277. The first-order chi connectivity index (χ1) is 12.5. The Morgan fingerprint density at radius 1 is 1.23 bits per heavy atom. The maximum absolute atomic E-state index is 12.2. The van der Waals surface area contributed by atoms with E-state index in [0.717, 1.165) is 29.8 Å². The molecule has 0 aliphatic heterocycles. The van der Waals surface area contributed by atoms with E-state index in [0.29, 0.717) is 16.8 Å². The lowest BCUT2D eigenvalue weighted by Crippen LogP contribution is -2.30. The predicted molar refractivity (Wildman–Crippen MR) is 106 cm³/mol. The molecule has 0 spiro atoms. The van der Waals surface area contributed by atoms with Gasteiger partial charge in [0.1, 0.15) is 0 Å². The Labute approximate surface area is 160 Å². The number of aryl methyl sites for hydroxylation is 2. The molecule has 0 aliphatic carbocycles. The molecule has 1 aromatic carbocycles. The van der Waals surface area contributed by atoms with Gasteiger partial charge >= 0.3 is 0 Å². The fraction of sp³-hybridized carbons (Fsp3) is 0.579. The molecule has 142 valence electrons. The van der Waals surface area contributed by atoms with Gasteiger partial charge < -0.3 is 5.32 Å². The van der Waals surface area contributed by atoms with Crippen molar-refractivity contribution in [3.05, 3.63) is 29.3 Å². The van der Waals surface area contributed by atoms with Gasteiger partial charge in [-0.15, -0.1) is 5.10 Å². The van der Waals surface area contributed by atoms with Crippen molar-refractivity contribution in [2.24, 2.45) is 5.92 Å². The largest absolute Gasteiger partial charge is 0.355 e. The Bertz CT molecular complexity index is 695. The molecule has 0 unspecified atom stereocenters. The smallest absolute Gasteiger partial charge is 0.230 e. The van der Waals surface area contributed by atoms with Crippen molar-refractivity contribution in [2.45, 2.75) is 58.5 Å². The molecule has 1 atom stereocenters. The second kappa shape index (κ2) is 10.3. The summed E-state index contributed by atoms with van der Waals surface area (Å²) in [5, 5.41) is 15.6. The summed E-state index contributed by atoms with van der Waals surface area (Å²) in [4.78, 5) is 12.2. The van der Waals surface area contributed by atoms with Gasteiger partial charge in [0, 0.05) is 6.54 Å². The predicted octanol–water partition coefficient (Wildman–Crippen LogP) is 3.70. The highest BCUT2D eigenvalue weighted by molar-refractivity contribution is 7.99. The molecule has 1 heterocycles. The molecule has 6 nitrogen and oxygen atoms in total. The first-order valence-corrected chi connectivity index (χ1v) is 10.3. The lowest BCUT2D eigenvalue weighted by atomic mass is 9.99. The molecule has 0 fully saturated rings. The highest BCUT2D eigenvalue weighted by Crippen LogP contribution is 2.20. The van der Waals surface area contributed by atoms with Crippen LogP contribution in [0.5, 0.6) is 0 Å². The molecule has 0 radical (unpaired) electrons. The topological polar surface area (TPSA) is 72.7 Å². The van der Waals surface area contributed by atoms with Crippen molar-refractivity contribution >= 4 is 17.7 Å². The molecule has 2 aromatic rings. The number of benzene rings is 1. The quantitative estimate of drug-likeness (QED) is 0.641. The molecule has 0 aliphatic rings. The number of hydrogen-bond donors (Lipinski definition) is 1. The molecule has 26 heavy (non-hydrogen) atoms. The van der Waals surface area contributed by atoms with Crippen LogP contribution in [-0.4, -0.2) is 38.4 Å². The van der Waals surface area contributed by atoms with Gasteiger partial charge in [-0.2, -0.15) is 4.68 Å². The number of rotatable bonds is 10. The second-order valence-electron chi connectivity index (χ2n) is 6.73. The van der Waals surface area contributed by atoms with Crippen molar-refractivity contribution in [3.8, 4) is 5.69 Å². The van der Waals surface area contributed by atoms with Crippen molar-refractivity contribution in [2.75, 3.05) is 12.3 Å². The Hall–Kier alpha value is -1.89. The van der Waals surface area contributed by atoms with Crippen LogP contribution in [-0.2, 0) is 4.79 Å². The number of nitrogens with zero attached hydrogens (tertiary/aromatic N) is 4. The van der Waals surface area contributed by atoms with Crippen LogP contribution in [0.25, 0.3) is 5.69 Å². The van der Waals surface area contributed by atoms with E-state index in [4.69, 9.17) is 0 Å². The van der Waals surface area contributed by atoms with Crippen LogP contribution in [0.4, 0.5) is 0 Å². The number of tetrazole rings is 1. The highest BCUT2D eigenvalue weighted by Gasteiger charge is 2.13. The van der Waals surface area contributed by atoms with E-state index >= 15 is 0 Å². The van der Waals surface area contributed by atoms with Crippen LogP contribution in [0.2, 0.25) is 0 Å². The molecule has 1 aromatic heterocycles. The fourth-order valence-corrected chi connectivity index (χ4v) is 3.61. The second-order valence-corrected chi connectivity index (χ2v) is 7.67. The summed E-state index contributed by atoms with van der Waals surface area (Å²) in [5.74, 6) is 0.902. The number of nitrogens with one attached hydrogen (secondary N) is 1. The van der Waals surface area contributed by atoms with Gasteiger partial charge in [0.15, 0.2) is 0 Å². The minimum atomic E-state index is 0.0277. The number of hydrogen-bond acceptors (Lipinski definition) is 5. The van der Waals surface area contributed by atoms with Gasteiger partial charge in [0.2, 0.25) is 11.1 Å². The van der Waals surface area contributed by atoms with Crippen LogP contribution in [0.1, 0.15) is 50.7 Å². The van der Waals surface area contributed by atoms with Crippen LogP contribution < -0.4 is 5.32 Å². The SMILES string of the molecule is CCCC[C@@H](CC)CNC(=O)CSc1nnnn1-c1cc(C)cc(C)c1. The van der Waals surface area contributed by atoms with Gasteiger partial charge in [-0.3, -0.25) is 4.79 Å². The molecule has 7 heteroatoms. The van der Waals surface area contributed by atoms with E-state index in [-0.39, 0.29) is 5.91 Å². The van der Waals surface area contributed by atoms with Crippen LogP contribution in [0.3, 0.4) is 0 Å². The van der Waals surface area contributed by atoms with Gasteiger partial charge in [-0.25, -0.2) is 0 Å². The van der Waals surface area contributed by atoms with Crippen molar-refractivity contribution in [1.82, 2.24) is 25.5 Å². The van der Waals surface area contributed by atoms with Gasteiger partial charge in [-0.05, 0) is 59.9 Å². The molecule has 1 amide bonds. The minimum Gasteiger partial charge on any atom is -0.355 e. The lowest BCUT2D eigenvalue weighted by molar-refractivity contribution is -0.118. The van der Waals surface area contributed by atoms with Crippen molar-refractivity contribution < 1.29 is 4.79 Å². The summed E-state index contributed by atoms with van der Waals surface area (Å²) in [5.41, 5.74) is 3.23. The molecule has 1 N–H and O–H groups in total. The zero-order valence-corrected chi connectivity index (χ0v) is 17.0. The van der Waals surface area contributed by atoms with Crippen molar-refractivity contribution in [3.63, 3.8) is 0 Å². The van der Waals surface area contributed by atoms with Gasteiger partial charge in [0.25, 0.3) is 0 Å². The summed E-state index contributed by atoms with van der Waals surface area (Å²) in [6.07, 6.45) is 4.68. The monoisotopic (exact) mass is 375 g/mol. The van der Waals surface area contributed by atoms with Crippen LogP contribution >= 0.6 is 11.8 Å². The number of unbranched alkanes of at least 4 members (excludes halogenated alkanes) is 1. The number of carbonyl (C=O) groups is 1. The molecular formula is C19H29N5OS. The molecule has 0 saturated heterocycles. The standard InChI is InChI=1S/C19H29N5OS/c1-5-7-8-16(6-2)12-20-18(25)13-26-19-21-22-23-24(19)17-10-14(3)9-15(4)11-17/h9-11,16H,5-8,12-13H2,1-4H3,(H,20,25)/t16-/m1/s1. The van der Waals surface area contributed by atoms with E-state index in [1.807, 2.05) is 26.0 Å². The molecule has 0 saturated carbocycles. The van der Waals surface area contributed by atoms with Crippen LogP contribution in [0, 0.1) is 19.8 Å². The third kappa shape index (κ3) is 6.12. The number of amides is 1. The Morgan fingerprint density at radius 3 is 2.62 bits per heavy atom.